The lowest BCUT2D eigenvalue weighted by Gasteiger charge is -2.12. The molecule has 2 nitrogen and oxygen atoms in total. The fourth-order valence-corrected chi connectivity index (χ4v) is 2.40. The zero-order chi connectivity index (χ0) is 13.7. The largest absolute Gasteiger partial charge is 0.494 e. The van der Waals surface area contributed by atoms with Gasteiger partial charge in [-0.3, -0.25) is 0 Å². The Morgan fingerprint density at radius 3 is 2.68 bits per heavy atom. The van der Waals surface area contributed by atoms with E-state index in [0.29, 0.717) is 5.92 Å². The molecule has 19 heavy (non-hydrogen) atoms. The fourth-order valence-electron chi connectivity index (χ4n) is 2.40. The Morgan fingerprint density at radius 1 is 1.26 bits per heavy atom. The monoisotopic (exact) mass is 261 g/mol. The SMILES string of the molecule is Cc1cc(OCCCCNC2CC2)ccc1C(C)C. The lowest BCUT2D eigenvalue weighted by molar-refractivity contribution is 0.305. The fraction of sp³-hybridized carbons (Fsp3) is 0.647. The maximum Gasteiger partial charge on any atom is 0.119 e. The zero-order valence-corrected chi connectivity index (χ0v) is 12.5. The first-order chi connectivity index (χ1) is 9.16. The molecular formula is C17H27NO. The number of hydrogen-bond donors (Lipinski definition) is 1. The van der Waals surface area contributed by atoms with Crippen LogP contribution in [0.25, 0.3) is 0 Å². The lowest BCUT2D eigenvalue weighted by Crippen LogP contribution is -2.17. The van der Waals surface area contributed by atoms with E-state index in [4.69, 9.17) is 4.74 Å². The maximum atomic E-state index is 5.82. The number of aryl methyl sites for hydroxylation is 1. The average Bonchev–Trinajstić information content (AvgIpc) is 3.17. The number of unbranched alkanes of at least 4 members (excludes halogenated alkanes) is 1. The van der Waals surface area contributed by atoms with Crippen molar-refractivity contribution in [3.63, 3.8) is 0 Å². The molecule has 1 saturated carbocycles. The first-order valence-electron chi connectivity index (χ1n) is 7.63. The molecular weight excluding hydrogens is 234 g/mol. The van der Waals surface area contributed by atoms with Gasteiger partial charge in [-0.25, -0.2) is 0 Å². The van der Waals surface area contributed by atoms with Crippen molar-refractivity contribution < 1.29 is 4.74 Å². The average molecular weight is 261 g/mol. The number of nitrogens with one attached hydrogen (secondary N) is 1. The summed E-state index contributed by atoms with van der Waals surface area (Å²) in [4.78, 5) is 0. The molecule has 0 spiro atoms. The van der Waals surface area contributed by atoms with Crippen LogP contribution in [0.3, 0.4) is 0 Å². The molecule has 1 fully saturated rings. The molecule has 106 valence electrons. The number of benzene rings is 1. The Labute approximate surface area is 117 Å². The van der Waals surface area contributed by atoms with Gasteiger partial charge in [-0.05, 0) is 68.3 Å². The van der Waals surface area contributed by atoms with Crippen LogP contribution in [0.5, 0.6) is 5.75 Å². The van der Waals surface area contributed by atoms with E-state index in [9.17, 15) is 0 Å². The van der Waals surface area contributed by atoms with Gasteiger partial charge in [0.25, 0.3) is 0 Å². The summed E-state index contributed by atoms with van der Waals surface area (Å²) in [7, 11) is 0. The first-order valence-corrected chi connectivity index (χ1v) is 7.63. The zero-order valence-electron chi connectivity index (χ0n) is 12.5. The second-order valence-corrected chi connectivity index (χ2v) is 5.96. The third kappa shape index (κ3) is 4.87. The molecule has 1 aliphatic carbocycles. The summed E-state index contributed by atoms with van der Waals surface area (Å²) in [6.45, 7) is 8.60. The minimum atomic E-state index is 0.586. The standard InChI is InChI=1S/C17H27NO/c1-13(2)17-9-8-16(12-14(17)3)19-11-5-4-10-18-15-6-7-15/h8-9,12-13,15,18H,4-7,10-11H2,1-3H3. The molecule has 0 radical (unpaired) electrons. The van der Waals surface area contributed by atoms with Crippen molar-refractivity contribution in [3.8, 4) is 5.75 Å². The Balaban J connectivity index is 1.65. The quantitative estimate of drug-likeness (QED) is 0.713. The molecule has 0 aliphatic heterocycles. The molecule has 0 amide bonds. The van der Waals surface area contributed by atoms with Crippen LogP contribution >= 0.6 is 0 Å². The highest BCUT2D eigenvalue weighted by Gasteiger charge is 2.19. The molecule has 0 atom stereocenters. The molecule has 0 heterocycles. The van der Waals surface area contributed by atoms with Crippen LogP contribution in [-0.2, 0) is 0 Å². The van der Waals surface area contributed by atoms with E-state index in [1.807, 2.05) is 0 Å². The minimum absolute atomic E-state index is 0.586. The smallest absolute Gasteiger partial charge is 0.119 e. The molecule has 0 bridgehead atoms. The minimum Gasteiger partial charge on any atom is -0.494 e. The van der Waals surface area contributed by atoms with E-state index >= 15 is 0 Å². The van der Waals surface area contributed by atoms with Crippen molar-refractivity contribution in [3.05, 3.63) is 29.3 Å². The van der Waals surface area contributed by atoms with Gasteiger partial charge in [0.2, 0.25) is 0 Å². The van der Waals surface area contributed by atoms with Crippen LogP contribution in [0.2, 0.25) is 0 Å². The van der Waals surface area contributed by atoms with Crippen LogP contribution in [0.1, 0.15) is 56.6 Å². The van der Waals surface area contributed by atoms with Gasteiger partial charge >= 0.3 is 0 Å². The van der Waals surface area contributed by atoms with Crippen LogP contribution < -0.4 is 10.1 Å². The highest BCUT2D eigenvalue weighted by molar-refractivity contribution is 5.36. The van der Waals surface area contributed by atoms with Crippen LogP contribution in [0, 0.1) is 6.92 Å². The summed E-state index contributed by atoms with van der Waals surface area (Å²) >= 11 is 0. The molecule has 1 aromatic rings. The highest BCUT2D eigenvalue weighted by Crippen LogP contribution is 2.23. The normalized spacial score (nSPS) is 14.9. The van der Waals surface area contributed by atoms with Gasteiger partial charge in [-0.15, -0.1) is 0 Å². The Hall–Kier alpha value is -1.02. The summed E-state index contributed by atoms with van der Waals surface area (Å²) in [6.07, 6.45) is 5.08. The number of hydrogen-bond acceptors (Lipinski definition) is 2. The maximum absolute atomic E-state index is 5.82. The number of rotatable bonds is 8. The van der Waals surface area contributed by atoms with Crippen molar-refractivity contribution in [2.24, 2.45) is 0 Å². The van der Waals surface area contributed by atoms with E-state index in [0.717, 1.165) is 31.4 Å². The molecule has 0 aromatic heterocycles. The highest BCUT2D eigenvalue weighted by atomic mass is 16.5. The van der Waals surface area contributed by atoms with Gasteiger partial charge in [-0.2, -0.15) is 0 Å². The van der Waals surface area contributed by atoms with Gasteiger partial charge in [0, 0.05) is 6.04 Å². The van der Waals surface area contributed by atoms with Crippen LogP contribution in [0.4, 0.5) is 0 Å². The van der Waals surface area contributed by atoms with Crippen molar-refractivity contribution in [2.75, 3.05) is 13.2 Å². The van der Waals surface area contributed by atoms with E-state index in [2.05, 4.69) is 44.3 Å². The summed E-state index contributed by atoms with van der Waals surface area (Å²) in [5.74, 6) is 1.60. The predicted octanol–water partition coefficient (Wildman–Crippen LogP) is 4.03. The molecule has 0 saturated heterocycles. The number of ether oxygens (including phenoxy) is 1. The van der Waals surface area contributed by atoms with Crippen molar-refractivity contribution in [1.29, 1.82) is 0 Å². The topological polar surface area (TPSA) is 21.3 Å². The van der Waals surface area contributed by atoms with Crippen LogP contribution in [-0.4, -0.2) is 19.2 Å². The van der Waals surface area contributed by atoms with Crippen molar-refractivity contribution >= 4 is 0 Å². The van der Waals surface area contributed by atoms with E-state index in [1.165, 1.54) is 30.4 Å². The second-order valence-electron chi connectivity index (χ2n) is 5.96. The van der Waals surface area contributed by atoms with Gasteiger partial charge in [-0.1, -0.05) is 19.9 Å². The van der Waals surface area contributed by atoms with E-state index < -0.39 is 0 Å². The molecule has 1 aromatic carbocycles. The van der Waals surface area contributed by atoms with Gasteiger partial charge in [0.05, 0.1) is 6.61 Å². The van der Waals surface area contributed by atoms with Gasteiger partial charge in [0.15, 0.2) is 0 Å². The lowest BCUT2D eigenvalue weighted by atomic mass is 9.98. The van der Waals surface area contributed by atoms with Crippen molar-refractivity contribution in [1.82, 2.24) is 5.32 Å². The summed E-state index contributed by atoms with van der Waals surface area (Å²) < 4.78 is 5.82. The van der Waals surface area contributed by atoms with Crippen LogP contribution in [0.15, 0.2) is 18.2 Å². The van der Waals surface area contributed by atoms with Gasteiger partial charge in [0.1, 0.15) is 5.75 Å². The van der Waals surface area contributed by atoms with E-state index in [1.54, 1.807) is 0 Å². The van der Waals surface area contributed by atoms with Crippen molar-refractivity contribution in [2.45, 2.75) is 58.4 Å². The predicted molar refractivity (Wildman–Crippen MR) is 81.0 cm³/mol. The Morgan fingerprint density at radius 2 is 2.05 bits per heavy atom. The molecule has 1 N–H and O–H groups in total. The first kappa shape index (κ1) is 14.4. The molecule has 2 heteroatoms. The third-order valence-corrected chi connectivity index (χ3v) is 3.71. The Kier molecular flexibility index (Phi) is 5.26. The Bertz CT molecular complexity index is 396. The molecule has 2 rings (SSSR count). The summed E-state index contributed by atoms with van der Waals surface area (Å²) in [5, 5.41) is 3.53. The summed E-state index contributed by atoms with van der Waals surface area (Å²) in [6, 6.07) is 7.29. The summed E-state index contributed by atoms with van der Waals surface area (Å²) in [5.41, 5.74) is 2.75. The van der Waals surface area contributed by atoms with Gasteiger partial charge < -0.3 is 10.1 Å². The third-order valence-electron chi connectivity index (χ3n) is 3.71. The van der Waals surface area contributed by atoms with E-state index in [-0.39, 0.29) is 0 Å². The molecule has 1 aliphatic rings. The molecule has 0 unspecified atom stereocenters. The second kappa shape index (κ2) is 6.95.